The second kappa shape index (κ2) is 8.19. The summed E-state index contributed by atoms with van der Waals surface area (Å²) in [6.07, 6.45) is 4.90. The predicted molar refractivity (Wildman–Crippen MR) is 97.7 cm³/mol. The molecule has 3 N–H and O–H groups in total. The Balaban J connectivity index is 1.61. The number of urea groups is 1. The molecule has 0 atom stereocenters. The van der Waals surface area contributed by atoms with Gasteiger partial charge in [0.15, 0.2) is 0 Å². The van der Waals surface area contributed by atoms with E-state index in [0.29, 0.717) is 6.54 Å². The molecule has 1 aliphatic carbocycles. The normalized spacial score (nSPS) is 26.0. The van der Waals surface area contributed by atoms with Crippen LogP contribution in [-0.4, -0.2) is 43.0 Å². The van der Waals surface area contributed by atoms with Gasteiger partial charge >= 0.3 is 6.03 Å². The van der Waals surface area contributed by atoms with E-state index in [-0.39, 0.29) is 23.6 Å². The van der Waals surface area contributed by atoms with Crippen molar-refractivity contribution in [1.82, 2.24) is 10.6 Å². The Labute approximate surface area is 150 Å². The molecule has 0 radical (unpaired) electrons. The summed E-state index contributed by atoms with van der Waals surface area (Å²) >= 11 is 0. The van der Waals surface area contributed by atoms with E-state index in [1.54, 1.807) is 0 Å². The van der Waals surface area contributed by atoms with Crippen LogP contribution in [0.3, 0.4) is 0 Å². The number of rotatable bonds is 4. The lowest BCUT2D eigenvalue weighted by Crippen LogP contribution is -2.50. The molecule has 138 valence electrons. The number of amides is 2. The molecule has 0 aromatic heterocycles. The van der Waals surface area contributed by atoms with Gasteiger partial charge in [-0.2, -0.15) is 0 Å². The second-order valence-electron chi connectivity index (χ2n) is 7.54. The smallest absolute Gasteiger partial charge is 0.315 e. The molecule has 2 amide bonds. The SMILES string of the molecule is Cc1ccccc1C1(CNC(=O)NC2CCC(O)CC2)CCOCC1. The zero-order chi connectivity index (χ0) is 17.7. The number of carbonyl (C=O) groups excluding carboxylic acids is 1. The van der Waals surface area contributed by atoms with Crippen molar-refractivity contribution in [2.45, 2.75) is 63.0 Å². The van der Waals surface area contributed by atoms with Gasteiger partial charge in [-0.1, -0.05) is 24.3 Å². The third-order valence-corrected chi connectivity index (χ3v) is 5.79. The Bertz CT molecular complexity index is 576. The van der Waals surface area contributed by atoms with Crippen LogP contribution in [0.2, 0.25) is 0 Å². The Morgan fingerprint density at radius 2 is 1.88 bits per heavy atom. The van der Waals surface area contributed by atoms with Crippen LogP contribution < -0.4 is 10.6 Å². The Morgan fingerprint density at radius 1 is 1.20 bits per heavy atom. The summed E-state index contributed by atoms with van der Waals surface area (Å²) in [6.45, 7) is 4.23. The van der Waals surface area contributed by atoms with E-state index < -0.39 is 0 Å². The summed E-state index contributed by atoms with van der Waals surface area (Å²) in [6, 6.07) is 8.53. The van der Waals surface area contributed by atoms with Crippen molar-refractivity contribution < 1.29 is 14.6 Å². The number of aliphatic hydroxyl groups is 1. The molecule has 3 rings (SSSR count). The number of benzene rings is 1. The molecule has 1 saturated heterocycles. The molecule has 1 aliphatic heterocycles. The molecule has 5 nitrogen and oxygen atoms in total. The summed E-state index contributed by atoms with van der Waals surface area (Å²) in [7, 11) is 0. The maximum atomic E-state index is 12.4. The number of ether oxygens (including phenoxy) is 1. The highest BCUT2D eigenvalue weighted by atomic mass is 16.5. The van der Waals surface area contributed by atoms with Crippen LogP contribution in [0.15, 0.2) is 24.3 Å². The molecule has 1 aromatic carbocycles. The molecule has 2 fully saturated rings. The predicted octanol–water partition coefficient (Wildman–Crippen LogP) is 2.65. The monoisotopic (exact) mass is 346 g/mol. The standard InChI is InChI=1S/C20H30N2O3/c1-15-4-2-3-5-18(15)20(10-12-25-13-11-20)14-21-19(24)22-16-6-8-17(23)9-7-16/h2-5,16-17,23H,6-14H2,1H3,(H2,21,22,24). The molecule has 1 heterocycles. The highest BCUT2D eigenvalue weighted by Gasteiger charge is 2.36. The lowest BCUT2D eigenvalue weighted by atomic mass is 9.72. The van der Waals surface area contributed by atoms with E-state index in [0.717, 1.165) is 51.7 Å². The van der Waals surface area contributed by atoms with Gasteiger partial charge in [-0.25, -0.2) is 4.79 Å². The van der Waals surface area contributed by atoms with Gasteiger partial charge in [-0.15, -0.1) is 0 Å². The van der Waals surface area contributed by atoms with Gasteiger partial charge in [0.1, 0.15) is 0 Å². The van der Waals surface area contributed by atoms with Gasteiger partial charge in [0.2, 0.25) is 0 Å². The number of hydrogen-bond acceptors (Lipinski definition) is 3. The quantitative estimate of drug-likeness (QED) is 0.785. The highest BCUT2D eigenvalue weighted by Crippen LogP contribution is 2.36. The third kappa shape index (κ3) is 4.53. The van der Waals surface area contributed by atoms with E-state index >= 15 is 0 Å². The number of hydrogen-bond donors (Lipinski definition) is 3. The lowest BCUT2D eigenvalue weighted by Gasteiger charge is -2.39. The van der Waals surface area contributed by atoms with Crippen molar-refractivity contribution in [1.29, 1.82) is 0 Å². The maximum Gasteiger partial charge on any atom is 0.315 e. The van der Waals surface area contributed by atoms with Gasteiger partial charge in [0.05, 0.1) is 6.10 Å². The summed E-state index contributed by atoms with van der Waals surface area (Å²) < 4.78 is 5.57. The first-order valence-electron chi connectivity index (χ1n) is 9.45. The third-order valence-electron chi connectivity index (χ3n) is 5.79. The highest BCUT2D eigenvalue weighted by molar-refractivity contribution is 5.74. The summed E-state index contributed by atoms with van der Waals surface area (Å²) in [5.41, 5.74) is 2.54. The van der Waals surface area contributed by atoms with E-state index in [4.69, 9.17) is 4.74 Å². The van der Waals surface area contributed by atoms with Crippen molar-refractivity contribution in [2.75, 3.05) is 19.8 Å². The first-order valence-corrected chi connectivity index (χ1v) is 9.45. The topological polar surface area (TPSA) is 70.6 Å². The van der Waals surface area contributed by atoms with Gasteiger partial charge in [0, 0.05) is 31.2 Å². The molecular weight excluding hydrogens is 316 g/mol. The largest absolute Gasteiger partial charge is 0.393 e. The first kappa shape index (κ1) is 18.2. The Morgan fingerprint density at radius 3 is 2.56 bits per heavy atom. The minimum absolute atomic E-state index is 0.0519. The van der Waals surface area contributed by atoms with Gasteiger partial charge in [-0.3, -0.25) is 0 Å². The molecule has 2 aliphatic rings. The average Bonchev–Trinajstić information content (AvgIpc) is 2.63. The Kier molecular flexibility index (Phi) is 5.97. The van der Waals surface area contributed by atoms with Crippen molar-refractivity contribution in [3.63, 3.8) is 0 Å². The first-order chi connectivity index (χ1) is 12.1. The fourth-order valence-corrected chi connectivity index (χ4v) is 4.18. The minimum atomic E-state index is -0.201. The zero-order valence-electron chi connectivity index (χ0n) is 15.1. The van der Waals surface area contributed by atoms with Crippen LogP contribution in [0, 0.1) is 6.92 Å². The van der Waals surface area contributed by atoms with Crippen molar-refractivity contribution >= 4 is 6.03 Å². The number of aliphatic hydroxyl groups excluding tert-OH is 1. The molecule has 0 unspecified atom stereocenters. The van der Waals surface area contributed by atoms with Crippen LogP contribution in [0.5, 0.6) is 0 Å². The van der Waals surface area contributed by atoms with E-state index in [9.17, 15) is 9.90 Å². The summed E-state index contributed by atoms with van der Waals surface area (Å²) in [4.78, 5) is 12.4. The zero-order valence-corrected chi connectivity index (χ0v) is 15.1. The van der Waals surface area contributed by atoms with Crippen molar-refractivity contribution in [2.24, 2.45) is 0 Å². The molecule has 25 heavy (non-hydrogen) atoms. The second-order valence-corrected chi connectivity index (χ2v) is 7.54. The van der Waals surface area contributed by atoms with Crippen LogP contribution in [-0.2, 0) is 10.2 Å². The van der Waals surface area contributed by atoms with Gasteiger partial charge < -0.3 is 20.5 Å². The van der Waals surface area contributed by atoms with Gasteiger partial charge in [-0.05, 0) is 56.6 Å². The van der Waals surface area contributed by atoms with Crippen molar-refractivity contribution in [3.05, 3.63) is 35.4 Å². The molecule has 1 saturated carbocycles. The average molecular weight is 346 g/mol. The molecule has 0 bridgehead atoms. The molecule has 1 aromatic rings. The van der Waals surface area contributed by atoms with Gasteiger partial charge in [0.25, 0.3) is 0 Å². The minimum Gasteiger partial charge on any atom is -0.393 e. The summed E-state index contributed by atoms with van der Waals surface area (Å²) in [5.74, 6) is 0. The molecular formula is C20H30N2O3. The van der Waals surface area contributed by atoms with Crippen LogP contribution >= 0.6 is 0 Å². The molecule has 5 heteroatoms. The number of nitrogens with one attached hydrogen (secondary N) is 2. The van der Waals surface area contributed by atoms with Crippen LogP contribution in [0.25, 0.3) is 0 Å². The van der Waals surface area contributed by atoms with E-state index in [2.05, 4.69) is 41.8 Å². The number of carbonyl (C=O) groups is 1. The van der Waals surface area contributed by atoms with Crippen molar-refractivity contribution in [3.8, 4) is 0 Å². The van der Waals surface area contributed by atoms with Crippen LogP contribution in [0.4, 0.5) is 4.79 Å². The maximum absolute atomic E-state index is 12.4. The van der Waals surface area contributed by atoms with E-state index in [1.807, 2.05) is 0 Å². The lowest BCUT2D eigenvalue weighted by molar-refractivity contribution is 0.0504. The fourth-order valence-electron chi connectivity index (χ4n) is 4.18. The number of aryl methyl sites for hydroxylation is 1. The molecule has 0 spiro atoms. The Hall–Kier alpha value is -1.59. The summed E-state index contributed by atoms with van der Waals surface area (Å²) in [5, 5.41) is 15.8. The van der Waals surface area contributed by atoms with E-state index in [1.165, 1.54) is 11.1 Å². The van der Waals surface area contributed by atoms with Crippen LogP contribution in [0.1, 0.15) is 49.7 Å². The fraction of sp³-hybridized carbons (Fsp3) is 0.650.